The second kappa shape index (κ2) is 7.79. The average Bonchev–Trinajstić information content (AvgIpc) is 2.54. The number of ether oxygens (including phenoxy) is 1. The van der Waals surface area contributed by atoms with Crippen LogP contribution < -0.4 is 5.32 Å². The van der Waals surface area contributed by atoms with Gasteiger partial charge in [0.05, 0.1) is 11.6 Å². The maximum Gasteiger partial charge on any atom is 0.338 e. The molecule has 0 saturated carbocycles. The Labute approximate surface area is 140 Å². The summed E-state index contributed by atoms with van der Waals surface area (Å²) in [6.45, 7) is 3.47. The van der Waals surface area contributed by atoms with Crippen LogP contribution >= 0.6 is 11.6 Å². The zero-order chi connectivity index (χ0) is 16.8. The van der Waals surface area contributed by atoms with Crippen LogP contribution in [0.25, 0.3) is 0 Å². The summed E-state index contributed by atoms with van der Waals surface area (Å²) in [5.41, 5.74) is 2.40. The molecule has 0 bridgehead atoms. The van der Waals surface area contributed by atoms with Crippen LogP contribution in [0.15, 0.2) is 48.5 Å². The van der Waals surface area contributed by atoms with Crippen LogP contribution in [0.1, 0.15) is 34.5 Å². The van der Waals surface area contributed by atoms with Gasteiger partial charge in [0.15, 0.2) is 6.61 Å². The first kappa shape index (κ1) is 17.0. The van der Waals surface area contributed by atoms with Gasteiger partial charge in [-0.05, 0) is 43.7 Å². The van der Waals surface area contributed by atoms with Crippen LogP contribution in [0, 0.1) is 6.92 Å². The lowest BCUT2D eigenvalue weighted by Gasteiger charge is -2.14. The Kier molecular flexibility index (Phi) is 5.77. The minimum Gasteiger partial charge on any atom is -0.452 e. The largest absolute Gasteiger partial charge is 0.452 e. The second-order valence-electron chi connectivity index (χ2n) is 5.28. The van der Waals surface area contributed by atoms with Gasteiger partial charge in [0.1, 0.15) is 0 Å². The highest BCUT2D eigenvalue weighted by Gasteiger charge is 2.13. The second-order valence-corrected chi connectivity index (χ2v) is 5.72. The molecular weight excluding hydrogens is 314 g/mol. The van der Waals surface area contributed by atoms with Crippen LogP contribution in [-0.4, -0.2) is 18.5 Å². The molecule has 0 saturated heterocycles. The molecule has 0 aliphatic carbocycles. The van der Waals surface area contributed by atoms with Gasteiger partial charge >= 0.3 is 5.97 Å². The van der Waals surface area contributed by atoms with Gasteiger partial charge in [0, 0.05) is 5.02 Å². The van der Waals surface area contributed by atoms with E-state index in [0.717, 1.165) is 11.1 Å². The van der Waals surface area contributed by atoms with Crippen LogP contribution in [-0.2, 0) is 9.53 Å². The van der Waals surface area contributed by atoms with E-state index in [0.29, 0.717) is 10.6 Å². The number of carbonyl (C=O) groups excluding carboxylic acids is 2. The predicted octanol–water partition coefficient (Wildman–Crippen LogP) is 3.68. The van der Waals surface area contributed by atoms with Crippen LogP contribution in [0.5, 0.6) is 0 Å². The first-order valence-electron chi connectivity index (χ1n) is 7.24. The van der Waals surface area contributed by atoms with E-state index in [1.54, 1.807) is 24.3 Å². The number of hydrogen-bond acceptors (Lipinski definition) is 3. The monoisotopic (exact) mass is 331 g/mol. The van der Waals surface area contributed by atoms with Crippen molar-refractivity contribution in [3.05, 3.63) is 70.2 Å². The number of rotatable bonds is 5. The van der Waals surface area contributed by atoms with Crippen molar-refractivity contribution in [2.45, 2.75) is 19.9 Å². The Bertz CT molecular complexity index is 680. The number of halogens is 1. The van der Waals surface area contributed by atoms with E-state index in [-0.39, 0.29) is 18.6 Å². The summed E-state index contributed by atoms with van der Waals surface area (Å²) in [6.07, 6.45) is 0. The third-order valence-electron chi connectivity index (χ3n) is 3.37. The van der Waals surface area contributed by atoms with E-state index < -0.39 is 5.97 Å². The normalized spacial score (nSPS) is 11.6. The number of nitrogens with one attached hydrogen (secondary N) is 1. The van der Waals surface area contributed by atoms with Crippen molar-refractivity contribution in [3.8, 4) is 0 Å². The van der Waals surface area contributed by atoms with Crippen LogP contribution in [0.3, 0.4) is 0 Å². The molecule has 0 aliphatic rings. The number of benzene rings is 2. The summed E-state index contributed by atoms with van der Waals surface area (Å²) in [7, 11) is 0. The molecule has 0 fully saturated rings. The summed E-state index contributed by atoms with van der Waals surface area (Å²) in [4.78, 5) is 23.7. The molecule has 0 aromatic heterocycles. The minimum atomic E-state index is -0.515. The van der Waals surface area contributed by atoms with Crippen LogP contribution in [0.4, 0.5) is 0 Å². The van der Waals surface area contributed by atoms with Gasteiger partial charge in [-0.2, -0.15) is 0 Å². The van der Waals surface area contributed by atoms with Crippen molar-refractivity contribution in [3.63, 3.8) is 0 Å². The van der Waals surface area contributed by atoms with Crippen LogP contribution in [0.2, 0.25) is 5.02 Å². The summed E-state index contributed by atoms with van der Waals surface area (Å²) in [5.74, 6) is -0.868. The number of aryl methyl sites for hydroxylation is 1. The topological polar surface area (TPSA) is 55.4 Å². The van der Waals surface area contributed by atoms with Gasteiger partial charge in [-0.25, -0.2) is 4.79 Å². The van der Waals surface area contributed by atoms with Gasteiger partial charge in [-0.3, -0.25) is 4.79 Å². The number of amides is 1. The van der Waals surface area contributed by atoms with E-state index in [1.807, 2.05) is 38.1 Å². The highest BCUT2D eigenvalue weighted by molar-refractivity contribution is 6.30. The molecule has 0 aliphatic heterocycles. The lowest BCUT2D eigenvalue weighted by molar-refractivity contribution is -0.124. The quantitative estimate of drug-likeness (QED) is 0.850. The molecular formula is C18H18ClNO3. The van der Waals surface area contributed by atoms with E-state index in [9.17, 15) is 9.59 Å². The summed E-state index contributed by atoms with van der Waals surface area (Å²) in [5, 5.41) is 3.41. The number of hydrogen-bond donors (Lipinski definition) is 1. The van der Waals surface area contributed by atoms with Crippen molar-refractivity contribution in [2.24, 2.45) is 0 Å². The minimum absolute atomic E-state index is 0.196. The van der Waals surface area contributed by atoms with E-state index >= 15 is 0 Å². The zero-order valence-electron chi connectivity index (χ0n) is 13.0. The fourth-order valence-corrected chi connectivity index (χ4v) is 2.15. The van der Waals surface area contributed by atoms with E-state index in [1.165, 1.54) is 0 Å². The Balaban J connectivity index is 1.83. The molecule has 120 valence electrons. The molecule has 0 spiro atoms. The summed E-state index contributed by atoms with van der Waals surface area (Å²) in [6, 6.07) is 14.0. The maximum atomic E-state index is 11.9. The first-order chi connectivity index (χ1) is 11.0. The molecule has 1 N–H and O–H groups in total. The predicted molar refractivity (Wildman–Crippen MR) is 89.5 cm³/mol. The molecule has 0 heterocycles. The molecule has 1 amide bonds. The van der Waals surface area contributed by atoms with Crippen molar-refractivity contribution < 1.29 is 14.3 Å². The van der Waals surface area contributed by atoms with Crippen molar-refractivity contribution in [1.29, 1.82) is 0 Å². The van der Waals surface area contributed by atoms with Gasteiger partial charge in [0.25, 0.3) is 5.91 Å². The molecule has 23 heavy (non-hydrogen) atoms. The smallest absolute Gasteiger partial charge is 0.338 e. The SMILES string of the molecule is Cc1ccc(C(=O)OCC(=O)N[C@@H](C)c2ccc(Cl)cc2)cc1. The third-order valence-corrected chi connectivity index (χ3v) is 3.62. The molecule has 0 unspecified atom stereocenters. The number of esters is 1. The summed E-state index contributed by atoms with van der Waals surface area (Å²) < 4.78 is 5.01. The molecule has 4 nitrogen and oxygen atoms in total. The Morgan fingerprint density at radius 3 is 2.30 bits per heavy atom. The fraction of sp³-hybridized carbons (Fsp3) is 0.222. The first-order valence-corrected chi connectivity index (χ1v) is 7.62. The maximum absolute atomic E-state index is 11.9. The third kappa shape index (κ3) is 5.11. The number of carbonyl (C=O) groups is 2. The van der Waals surface area contributed by atoms with Gasteiger partial charge in [0.2, 0.25) is 0 Å². The molecule has 0 radical (unpaired) electrons. The fourth-order valence-electron chi connectivity index (χ4n) is 2.02. The van der Waals surface area contributed by atoms with Crippen molar-refractivity contribution >= 4 is 23.5 Å². The Morgan fingerprint density at radius 1 is 1.09 bits per heavy atom. The van der Waals surface area contributed by atoms with Gasteiger partial charge < -0.3 is 10.1 Å². The highest BCUT2D eigenvalue weighted by Crippen LogP contribution is 2.15. The summed E-state index contributed by atoms with van der Waals surface area (Å²) >= 11 is 5.83. The molecule has 2 aromatic rings. The van der Waals surface area contributed by atoms with Gasteiger partial charge in [-0.1, -0.05) is 41.4 Å². The standard InChI is InChI=1S/C18H18ClNO3/c1-12-3-5-15(6-4-12)18(22)23-11-17(21)20-13(2)14-7-9-16(19)10-8-14/h3-10,13H,11H2,1-2H3,(H,20,21)/t13-/m0/s1. The zero-order valence-corrected chi connectivity index (χ0v) is 13.8. The Morgan fingerprint density at radius 2 is 1.70 bits per heavy atom. The van der Waals surface area contributed by atoms with E-state index in [2.05, 4.69) is 5.32 Å². The lowest BCUT2D eigenvalue weighted by atomic mass is 10.1. The molecule has 5 heteroatoms. The van der Waals surface area contributed by atoms with E-state index in [4.69, 9.17) is 16.3 Å². The average molecular weight is 332 g/mol. The lowest BCUT2D eigenvalue weighted by Crippen LogP contribution is -2.31. The van der Waals surface area contributed by atoms with Crippen molar-refractivity contribution in [1.82, 2.24) is 5.32 Å². The van der Waals surface area contributed by atoms with Gasteiger partial charge in [-0.15, -0.1) is 0 Å². The molecule has 1 atom stereocenters. The van der Waals surface area contributed by atoms with Crippen molar-refractivity contribution in [2.75, 3.05) is 6.61 Å². The Hall–Kier alpha value is -2.33. The highest BCUT2D eigenvalue weighted by atomic mass is 35.5. The molecule has 2 rings (SSSR count). The molecule has 2 aromatic carbocycles.